The third-order valence-electron chi connectivity index (χ3n) is 7.19. The van der Waals surface area contributed by atoms with E-state index in [0.717, 1.165) is 55.0 Å². The van der Waals surface area contributed by atoms with E-state index in [2.05, 4.69) is 40.5 Å². The molecule has 3 aliphatic heterocycles. The fourth-order valence-corrected chi connectivity index (χ4v) is 5.49. The third-order valence-corrected chi connectivity index (χ3v) is 7.43. The van der Waals surface area contributed by atoms with Gasteiger partial charge in [0.05, 0.1) is 30.5 Å². The summed E-state index contributed by atoms with van der Waals surface area (Å²) in [5, 5.41) is 19.2. The molecule has 0 N–H and O–H groups in total. The van der Waals surface area contributed by atoms with E-state index >= 15 is 0 Å². The number of pyridine rings is 1. The van der Waals surface area contributed by atoms with Crippen molar-refractivity contribution in [2.24, 2.45) is 5.41 Å². The molecule has 1 aromatic carbocycles. The summed E-state index contributed by atoms with van der Waals surface area (Å²) in [5.74, 6) is 2.20. The Labute approximate surface area is 202 Å². The molecule has 2 saturated heterocycles. The van der Waals surface area contributed by atoms with Crippen molar-refractivity contribution in [3.63, 3.8) is 0 Å². The fourth-order valence-electron chi connectivity index (χ4n) is 5.30. The maximum absolute atomic E-state index is 13.6. The number of aryl methyl sites for hydroxylation is 1. The van der Waals surface area contributed by atoms with E-state index in [0.29, 0.717) is 23.7 Å². The van der Waals surface area contributed by atoms with Crippen LogP contribution in [0.5, 0.6) is 0 Å². The summed E-state index contributed by atoms with van der Waals surface area (Å²) in [6.07, 6.45) is 1.30. The van der Waals surface area contributed by atoms with E-state index in [1.165, 1.54) is 6.20 Å². The van der Waals surface area contributed by atoms with Crippen molar-refractivity contribution < 1.29 is 4.39 Å². The molecule has 1 spiro atoms. The van der Waals surface area contributed by atoms with Crippen LogP contribution in [-0.2, 0) is 13.1 Å². The van der Waals surface area contributed by atoms with Gasteiger partial charge in [-0.15, -0.1) is 10.2 Å². The summed E-state index contributed by atoms with van der Waals surface area (Å²) >= 11 is 6.31. The van der Waals surface area contributed by atoms with Crippen LogP contribution in [0.4, 0.5) is 16.2 Å². The first-order valence-corrected chi connectivity index (χ1v) is 11.7. The molecule has 34 heavy (non-hydrogen) atoms. The first-order chi connectivity index (χ1) is 16.4. The van der Waals surface area contributed by atoms with Gasteiger partial charge in [-0.3, -0.25) is 9.47 Å². The SMILES string of the molecule is Cc1cc(N2CC3(C2)CN(c2nnc4n2-c2ccc(Cl)cc2CN(C(C)C#N)C4)C3)ncc1F. The minimum Gasteiger partial charge on any atom is -0.355 e. The van der Waals surface area contributed by atoms with Crippen LogP contribution in [0, 0.1) is 29.5 Å². The van der Waals surface area contributed by atoms with Crippen LogP contribution in [-0.4, -0.2) is 56.9 Å². The molecule has 1 unspecified atom stereocenters. The molecule has 6 rings (SSSR count). The highest BCUT2D eigenvalue weighted by Crippen LogP contribution is 2.44. The number of hydrogen-bond acceptors (Lipinski definition) is 7. The highest BCUT2D eigenvalue weighted by molar-refractivity contribution is 6.30. The lowest BCUT2D eigenvalue weighted by Crippen LogP contribution is -2.73. The minimum atomic E-state index is -0.273. The van der Waals surface area contributed by atoms with Crippen molar-refractivity contribution in [1.29, 1.82) is 5.26 Å². The Bertz CT molecular complexity index is 1320. The zero-order chi connectivity index (χ0) is 23.6. The van der Waals surface area contributed by atoms with Crippen LogP contribution >= 0.6 is 11.6 Å². The van der Waals surface area contributed by atoms with Crippen molar-refractivity contribution in [3.8, 4) is 11.8 Å². The van der Waals surface area contributed by atoms with Gasteiger partial charge in [0, 0.05) is 43.2 Å². The Morgan fingerprint density at radius 3 is 2.62 bits per heavy atom. The topological polar surface area (TPSA) is 77.1 Å². The van der Waals surface area contributed by atoms with Crippen molar-refractivity contribution >= 4 is 23.4 Å². The van der Waals surface area contributed by atoms with Crippen LogP contribution in [0.1, 0.15) is 23.9 Å². The molecule has 5 heterocycles. The van der Waals surface area contributed by atoms with E-state index in [1.807, 2.05) is 31.2 Å². The average Bonchev–Trinajstić information content (AvgIpc) is 3.08. The van der Waals surface area contributed by atoms with Crippen LogP contribution in [0.15, 0.2) is 30.5 Å². The molecule has 2 fully saturated rings. The van der Waals surface area contributed by atoms with E-state index < -0.39 is 0 Å². The van der Waals surface area contributed by atoms with Crippen molar-refractivity contribution in [2.45, 2.75) is 33.0 Å². The number of nitrogens with zero attached hydrogens (tertiary/aromatic N) is 8. The summed E-state index contributed by atoms with van der Waals surface area (Å²) in [4.78, 5) is 10.8. The molecule has 8 nitrogen and oxygen atoms in total. The van der Waals surface area contributed by atoms with Gasteiger partial charge in [-0.1, -0.05) is 11.6 Å². The third kappa shape index (κ3) is 3.32. The smallest absolute Gasteiger partial charge is 0.231 e. The number of hydrogen-bond donors (Lipinski definition) is 0. The number of anilines is 2. The standard InChI is InChI=1S/C24H24ClFN8/c1-15-5-21(28-8-19(15)26)32-11-24(12-32)13-33(14-24)23-30-29-22-10-31(16(2)7-27)9-17-6-18(25)3-4-20(17)34(22)23/h3-6,8,16H,9-14H2,1-2H3. The Morgan fingerprint density at radius 2 is 1.88 bits per heavy atom. The zero-order valence-electron chi connectivity index (χ0n) is 19.0. The fraction of sp³-hybridized carbons (Fsp3) is 0.417. The van der Waals surface area contributed by atoms with Gasteiger partial charge in [0.25, 0.3) is 0 Å². The van der Waals surface area contributed by atoms with E-state index in [9.17, 15) is 9.65 Å². The maximum atomic E-state index is 13.6. The molecule has 10 heteroatoms. The summed E-state index contributed by atoms with van der Waals surface area (Å²) in [5.41, 5.74) is 2.86. The molecular weight excluding hydrogens is 455 g/mol. The predicted octanol–water partition coefficient (Wildman–Crippen LogP) is 3.32. The van der Waals surface area contributed by atoms with E-state index in [4.69, 9.17) is 11.6 Å². The van der Waals surface area contributed by atoms with Gasteiger partial charge in [-0.2, -0.15) is 5.26 Å². The Balaban J connectivity index is 1.24. The number of fused-ring (bicyclic) bond motifs is 3. The molecule has 1 atom stereocenters. The minimum absolute atomic E-state index is 0.186. The molecule has 0 amide bonds. The normalized spacial score (nSPS) is 19.5. The summed E-state index contributed by atoms with van der Waals surface area (Å²) in [6.45, 7) is 8.36. The number of aromatic nitrogens is 4. The van der Waals surface area contributed by atoms with Crippen molar-refractivity contribution in [1.82, 2.24) is 24.6 Å². The molecule has 2 aromatic heterocycles. The van der Waals surface area contributed by atoms with E-state index in [1.54, 1.807) is 6.92 Å². The molecule has 0 aliphatic carbocycles. The largest absolute Gasteiger partial charge is 0.355 e. The summed E-state index contributed by atoms with van der Waals surface area (Å²) < 4.78 is 15.7. The second-order valence-electron chi connectivity index (χ2n) is 9.74. The molecule has 0 radical (unpaired) electrons. The molecule has 0 bridgehead atoms. The van der Waals surface area contributed by atoms with Gasteiger partial charge in [0.1, 0.15) is 11.6 Å². The summed E-state index contributed by atoms with van der Waals surface area (Å²) in [7, 11) is 0. The lowest BCUT2D eigenvalue weighted by atomic mass is 9.73. The number of benzene rings is 1. The van der Waals surface area contributed by atoms with Crippen molar-refractivity contribution in [3.05, 3.63) is 58.3 Å². The summed E-state index contributed by atoms with van der Waals surface area (Å²) in [6, 6.07) is 9.75. The quantitative estimate of drug-likeness (QED) is 0.571. The number of halogens is 2. The molecule has 3 aromatic rings. The number of nitriles is 1. The van der Waals surface area contributed by atoms with Gasteiger partial charge >= 0.3 is 0 Å². The molecule has 3 aliphatic rings. The first kappa shape index (κ1) is 21.3. The van der Waals surface area contributed by atoms with Crippen molar-refractivity contribution in [2.75, 3.05) is 36.0 Å². The van der Waals surface area contributed by atoms with Gasteiger partial charge in [-0.25, -0.2) is 9.37 Å². The lowest BCUT2D eigenvalue weighted by Gasteiger charge is -2.60. The Hall–Kier alpha value is -3.22. The van der Waals surface area contributed by atoms with Gasteiger partial charge < -0.3 is 9.80 Å². The van der Waals surface area contributed by atoms with Crippen LogP contribution in [0.3, 0.4) is 0 Å². The molecule has 0 saturated carbocycles. The van der Waals surface area contributed by atoms with Crippen LogP contribution < -0.4 is 9.80 Å². The van der Waals surface area contributed by atoms with Gasteiger partial charge in [0.2, 0.25) is 5.95 Å². The first-order valence-electron chi connectivity index (χ1n) is 11.3. The predicted molar refractivity (Wildman–Crippen MR) is 126 cm³/mol. The lowest BCUT2D eigenvalue weighted by molar-refractivity contribution is 0.153. The van der Waals surface area contributed by atoms with Gasteiger partial charge in [-0.05, 0) is 49.2 Å². The van der Waals surface area contributed by atoms with Gasteiger partial charge in [0.15, 0.2) is 5.82 Å². The second-order valence-corrected chi connectivity index (χ2v) is 10.2. The molecular formula is C24H24ClFN8. The van der Waals surface area contributed by atoms with E-state index in [-0.39, 0.29) is 17.3 Å². The maximum Gasteiger partial charge on any atom is 0.231 e. The monoisotopic (exact) mass is 478 g/mol. The average molecular weight is 479 g/mol. The Kier molecular flexibility index (Phi) is 4.80. The highest BCUT2D eigenvalue weighted by Gasteiger charge is 2.53. The zero-order valence-corrected chi connectivity index (χ0v) is 19.8. The number of rotatable bonds is 3. The van der Waals surface area contributed by atoms with Crippen LogP contribution in [0.2, 0.25) is 5.02 Å². The Morgan fingerprint density at radius 1 is 1.12 bits per heavy atom. The van der Waals surface area contributed by atoms with Crippen LogP contribution in [0.25, 0.3) is 5.69 Å². The second kappa shape index (κ2) is 7.65. The molecule has 174 valence electrons. The highest BCUT2D eigenvalue weighted by atomic mass is 35.5.